The van der Waals surface area contributed by atoms with Crippen molar-refractivity contribution in [2.45, 2.75) is 39.2 Å². The average molecular weight is 238 g/mol. The summed E-state index contributed by atoms with van der Waals surface area (Å²) < 4.78 is 1.75. The van der Waals surface area contributed by atoms with E-state index in [0.717, 1.165) is 5.69 Å². The van der Waals surface area contributed by atoms with Crippen molar-refractivity contribution < 1.29 is 4.79 Å². The minimum atomic E-state index is -0.410. The zero-order valence-electron chi connectivity index (χ0n) is 11.2. The maximum atomic E-state index is 12.0. The molecule has 0 aliphatic carbocycles. The van der Waals surface area contributed by atoms with E-state index in [1.54, 1.807) is 4.68 Å². The Kier molecular flexibility index (Phi) is 3.93. The van der Waals surface area contributed by atoms with Crippen molar-refractivity contribution in [3.8, 4) is 0 Å². The summed E-state index contributed by atoms with van der Waals surface area (Å²) in [5.41, 5.74) is 6.65. The Morgan fingerprint density at radius 3 is 2.59 bits per heavy atom. The first-order valence-electron chi connectivity index (χ1n) is 5.83. The number of rotatable bonds is 4. The zero-order chi connectivity index (χ0) is 13.2. The van der Waals surface area contributed by atoms with Crippen LogP contribution in [0.2, 0.25) is 0 Å². The van der Waals surface area contributed by atoms with E-state index >= 15 is 0 Å². The van der Waals surface area contributed by atoms with Gasteiger partial charge in [0.1, 0.15) is 5.69 Å². The van der Waals surface area contributed by atoms with Crippen LogP contribution >= 0.6 is 0 Å². The molecule has 0 spiro atoms. The maximum Gasteiger partial charge on any atom is 0.272 e. The quantitative estimate of drug-likeness (QED) is 0.822. The van der Waals surface area contributed by atoms with Gasteiger partial charge in [0.2, 0.25) is 0 Å². The van der Waals surface area contributed by atoms with Gasteiger partial charge in [-0.3, -0.25) is 9.48 Å². The van der Waals surface area contributed by atoms with Crippen LogP contribution in [0.4, 0.5) is 0 Å². The van der Waals surface area contributed by atoms with E-state index in [0.29, 0.717) is 18.2 Å². The van der Waals surface area contributed by atoms with E-state index in [4.69, 9.17) is 5.73 Å². The number of nitrogens with one attached hydrogen (secondary N) is 1. The van der Waals surface area contributed by atoms with E-state index in [2.05, 4.69) is 24.3 Å². The molecule has 96 valence electrons. The summed E-state index contributed by atoms with van der Waals surface area (Å²) in [4.78, 5) is 12.0. The highest BCUT2D eigenvalue weighted by atomic mass is 16.2. The number of hydrogen-bond acceptors (Lipinski definition) is 3. The monoisotopic (exact) mass is 238 g/mol. The van der Waals surface area contributed by atoms with Gasteiger partial charge in [0.25, 0.3) is 5.91 Å². The van der Waals surface area contributed by atoms with Gasteiger partial charge >= 0.3 is 0 Å². The maximum absolute atomic E-state index is 12.0. The van der Waals surface area contributed by atoms with Crippen LogP contribution in [-0.4, -0.2) is 27.8 Å². The van der Waals surface area contributed by atoms with Crippen LogP contribution in [0.3, 0.4) is 0 Å². The molecular formula is C12H22N4O. The second kappa shape index (κ2) is 4.87. The van der Waals surface area contributed by atoms with Crippen LogP contribution in [0.15, 0.2) is 6.07 Å². The van der Waals surface area contributed by atoms with Crippen molar-refractivity contribution >= 4 is 5.91 Å². The van der Waals surface area contributed by atoms with Crippen molar-refractivity contribution in [3.63, 3.8) is 0 Å². The number of amides is 1. The third-order valence-electron chi connectivity index (χ3n) is 2.70. The molecular weight excluding hydrogens is 216 g/mol. The lowest BCUT2D eigenvalue weighted by Gasteiger charge is -2.23. The molecule has 0 saturated heterocycles. The average Bonchev–Trinajstić information content (AvgIpc) is 2.60. The summed E-state index contributed by atoms with van der Waals surface area (Å²) in [5.74, 6) is 0.166. The Labute approximate surface area is 102 Å². The van der Waals surface area contributed by atoms with E-state index in [9.17, 15) is 4.79 Å². The largest absolute Gasteiger partial charge is 0.344 e. The lowest BCUT2D eigenvalue weighted by Crippen LogP contribution is -2.48. The van der Waals surface area contributed by atoms with Gasteiger partial charge in [0, 0.05) is 24.8 Å². The second-order valence-corrected chi connectivity index (χ2v) is 5.27. The molecule has 17 heavy (non-hydrogen) atoms. The first kappa shape index (κ1) is 13.7. The van der Waals surface area contributed by atoms with Crippen molar-refractivity contribution in [1.29, 1.82) is 0 Å². The van der Waals surface area contributed by atoms with Gasteiger partial charge in [-0.1, -0.05) is 13.8 Å². The molecule has 5 heteroatoms. The van der Waals surface area contributed by atoms with Gasteiger partial charge in [-0.05, 0) is 25.8 Å². The number of aryl methyl sites for hydroxylation is 1. The zero-order valence-corrected chi connectivity index (χ0v) is 11.2. The fourth-order valence-electron chi connectivity index (χ4n) is 1.56. The number of carbonyl (C=O) groups is 1. The molecule has 0 unspecified atom stereocenters. The van der Waals surface area contributed by atoms with Crippen LogP contribution < -0.4 is 11.1 Å². The summed E-state index contributed by atoms with van der Waals surface area (Å²) in [6.45, 7) is 8.31. The molecule has 0 saturated carbocycles. The van der Waals surface area contributed by atoms with Crippen molar-refractivity contribution in [1.82, 2.24) is 15.1 Å². The summed E-state index contributed by atoms with van der Waals surface area (Å²) in [7, 11) is 1.85. The number of carbonyl (C=O) groups excluding carboxylic acids is 1. The van der Waals surface area contributed by atoms with Crippen LogP contribution in [0.5, 0.6) is 0 Å². The minimum Gasteiger partial charge on any atom is -0.344 e. The van der Waals surface area contributed by atoms with E-state index in [1.807, 2.05) is 27.0 Å². The molecule has 1 amide bonds. The number of nitrogens with zero attached hydrogens (tertiary/aromatic N) is 2. The van der Waals surface area contributed by atoms with E-state index < -0.39 is 5.54 Å². The van der Waals surface area contributed by atoms with Crippen LogP contribution in [-0.2, 0) is 7.05 Å². The summed E-state index contributed by atoms with van der Waals surface area (Å²) >= 11 is 0. The highest BCUT2D eigenvalue weighted by molar-refractivity contribution is 5.92. The summed E-state index contributed by atoms with van der Waals surface area (Å²) in [6.07, 6.45) is 0. The smallest absolute Gasteiger partial charge is 0.272 e. The number of hydrogen-bond donors (Lipinski definition) is 2. The van der Waals surface area contributed by atoms with E-state index in [-0.39, 0.29) is 5.91 Å². The Morgan fingerprint density at radius 1 is 1.59 bits per heavy atom. The molecule has 1 aromatic heterocycles. The number of aromatic nitrogens is 2. The van der Waals surface area contributed by atoms with Crippen LogP contribution in [0.25, 0.3) is 0 Å². The SMILES string of the molecule is CC(C)c1cc(C(=O)NC(C)(C)CN)nn1C. The molecule has 0 radical (unpaired) electrons. The predicted molar refractivity (Wildman–Crippen MR) is 67.9 cm³/mol. The molecule has 0 bridgehead atoms. The summed E-state index contributed by atoms with van der Waals surface area (Å²) in [6, 6.07) is 1.83. The molecule has 1 rings (SSSR count). The molecule has 0 fully saturated rings. The van der Waals surface area contributed by atoms with Crippen molar-refractivity contribution in [3.05, 3.63) is 17.5 Å². The van der Waals surface area contributed by atoms with Gasteiger partial charge in [-0.2, -0.15) is 5.10 Å². The Hall–Kier alpha value is -1.36. The van der Waals surface area contributed by atoms with Gasteiger partial charge in [-0.15, -0.1) is 0 Å². The predicted octanol–water partition coefficient (Wildman–Crippen LogP) is 1.01. The lowest BCUT2D eigenvalue weighted by atomic mass is 10.1. The second-order valence-electron chi connectivity index (χ2n) is 5.27. The van der Waals surface area contributed by atoms with Gasteiger partial charge in [0.15, 0.2) is 0 Å². The Bertz CT molecular complexity index is 407. The molecule has 3 N–H and O–H groups in total. The molecule has 0 aromatic carbocycles. The highest BCUT2D eigenvalue weighted by Gasteiger charge is 2.21. The fraction of sp³-hybridized carbons (Fsp3) is 0.667. The van der Waals surface area contributed by atoms with Gasteiger partial charge in [0.05, 0.1) is 0 Å². The standard InChI is InChI=1S/C12H22N4O/c1-8(2)10-6-9(15-16(10)5)11(17)14-12(3,4)7-13/h6,8H,7,13H2,1-5H3,(H,14,17). The van der Waals surface area contributed by atoms with Crippen LogP contribution in [0.1, 0.15) is 49.8 Å². The molecule has 1 aromatic rings. The van der Waals surface area contributed by atoms with Crippen molar-refractivity contribution in [2.75, 3.05) is 6.54 Å². The minimum absolute atomic E-state index is 0.178. The first-order chi connectivity index (χ1) is 7.76. The van der Waals surface area contributed by atoms with E-state index in [1.165, 1.54) is 0 Å². The topological polar surface area (TPSA) is 72.9 Å². The van der Waals surface area contributed by atoms with Gasteiger partial charge < -0.3 is 11.1 Å². The molecule has 5 nitrogen and oxygen atoms in total. The third kappa shape index (κ3) is 3.30. The summed E-state index contributed by atoms with van der Waals surface area (Å²) in [5, 5.41) is 7.08. The highest BCUT2D eigenvalue weighted by Crippen LogP contribution is 2.15. The Balaban J connectivity index is 2.87. The molecule has 0 atom stereocenters. The molecule has 0 aliphatic rings. The number of nitrogens with two attached hydrogens (primary N) is 1. The first-order valence-corrected chi connectivity index (χ1v) is 5.83. The third-order valence-corrected chi connectivity index (χ3v) is 2.70. The van der Waals surface area contributed by atoms with Gasteiger partial charge in [-0.25, -0.2) is 0 Å². The molecule has 1 heterocycles. The normalized spacial score (nSPS) is 11.9. The van der Waals surface area contributed by atoms with Crippen molar-refractivity contribution in [2.24, 2.45) is 12.8 Å². The van der Waals surface area contributed by atoms with Crippen LogP contribution in [0, 0.1) is 0 Å². The Morgan fingerprint density at radius 2 is 2.18 bits per heavy atom. The lowest BCUT2D eigenvalue weighted by molar-refractivity contribution is 0.0910. The fourth-order valence-corrected chi connectivity index (χ4v) is 1.56. The molecule has 0 aliphatic heterocycles.